The number of amides is 2. The minimum absolute atomic E-state index is 0.0903. The minimum Gasteiger partial charge on any atom is -0.466 e. The Bertz CT molecular complexity index is 1250. The van der Waals surface area contributed by atoms with Gasteiger partial charge in [-0.3, -0.25) is 4.79 Å². The molecular formula is C26H34N4O5. The number of carbonyl (C=O) groups excluding carboxylic acids is 2. The topological polar surface area (TPSA) is 102 Å². The van der Waals surface area contributed by atoms with Crippen LogP contribution < -0.4 is 0 Å². The minimum atomic E-state index is -0.549. The molecule has 3 aromatic rings. The highest BCUT2D eigenvalue weighted by Crippen LogP contribution is 2.32. The molecule has 1 aliphatic heterocycles. The number of nitrogens with zero attached hydrogens (tertiary/aromatic N) is 4. The second-order valence-electron chi connectivity index (χ2n) is 10.5. The number of hydrogen-bond acceptors (Lipinski definition) is 7. The van der Waals surface area contributed by atoms with Gasteiger partial charge in [0.05, 0.1) is 22.3 Å². The molecule has 2 amide bonds. The van der Waals surface area contributed by atoms with E-state index in [2.05, 4.69) is 10.1 Å². The summed E-state index contributed by atoms with van der Waals surface area (Å²) in [4.78, 5) is 34.3. The molecule has 4 heterocycles. The summed E-state index contributed by atoms with van der Waals surface area (Å²) in [5, 5.41) is 4.69. The van der Waals surface area contributed by atoms with Crippen molar-refractivity contribution in [3.63, 3.8) is 0 Å². The number of ether oxygens (including phenoxy) is 1. The predicted octanol–water partition coefficient (Wildman–Crippen LogP) is 5.13. The van der Waals surface area contributed by atoms with Crippen LogP contribution in [0.25, 0.3) is 22.4 Å². The Labute approximate surface area is 205 Å². The zero-order valence-corrected chi connectivity index (χ0v) is 21.6. The lowest BCUT2D eigenvalue weighted by Gasteiger charge is -2.35. The van der Waals surface area contributed by atoms with E-state index in [1.807, 2.05) is 58.6 Å². The molecule has 35 heavy (non-hydrogen) atoms. The Hall–Kier alpha value is -3.36. The lowest BCUT2D eigenvalue weighted by atomic mass is 9.96. The smallest absolute Gasteiger partial charge is 0.410 e. The first-order chi connectivity index (χ1) is 16.4. The first kappa shape index (κ1) is 24.8. The average Bonchev–Trinajstić information content (AvgIpc) is 3.32. The SMILES string of the molecule is Cc1cc(-c2cc(C(=O)N3CCCC(CN(C)C(=O)OC(C)(C)C)C3)c3c(C)noc3n2)c(C)o1. The van der Waals surface area contributed by atoms with Crippen LogP contribution in [-0.4, -0.2) is 64.2 Å². The van der Waals surface area contributed by atoms with E-state index in [9.17, 15) is 9.59 Å². The van der Waals surface area contributed by atoms with E-state index in [4.69, 9.17) is 13.7 Å². The summed E-state index contributed by atoms with van der Waals surface area (Å²) in [6.45, 7) is 12.8. The molecule has 9 nitrogen and oxygen atoms in total. The van der Waals surface area contributed by atoms with Crippen LogP contribution in [0.15, 0.2) is 21.1 Å². The number of furan rings is 1. The maximum atomic E-state index is 13.8. The number of pyridine rings is 1. The highest BCUT2D eigenvalue weighted by Gasteiger charge is 2.30. The van der Waals surface area contributed by atoms with Gasteiger partial charge >= 0.3 is 6.09 Å². The number of hydrogen-bond donors (Lipinski definition) is 0. The van der Waals surface area contributed by atoms with E-state index in [0.717, 1.165) is 29.9 Å². The molecule has 0 N–H and O–H groups in total. The number of carbonyl (C=O) groups is 2. The molecule has 188 valence electrons. The lowest BCUT2D eigenvalue weighted by Crippen LogP contribution is -2.45. The van der Waals surface area contributed by atoms with Gasteiger partial charge in [0.15, 0.2) is 0 Å². The number of fused-ring (bicyclic) bond motifs is 1. The largest absolute Gasteiger partial charge is 0.466 e. The predicted molar refractivity (Wildman–Crippen MR) is 131 cm³/mol. The Kier molecular flexibility index (Phi) is 6.62. The molecule has 0 aromatic carbocycles. The van der Waals surface area contributed by atoms with Crippen LogP contribution in [0.5, 0.6) is 0 Å². The molecule has 3 aromatic heterocycles. The lowest BCUT2D eigenvalue weighted by molar-refractivity contribution is 0.0244. The van der Waals surface area contributed by atoms with E-state index in [1.54, 1.807) is 11.9 Å². The first-order valence-electron chi connectivity index (χ1n) is 12.0. The van der Waals surface area contributed by atoms with Gasteiger partial charge < -0.3 is 23.5 Å². The molecule has 1 unspecified atom stereocenters. The Morgan fingerprint density at radius 3 is 2.63 bits per heavy atom. The zero-order valence-electron chi connectivity index (χ0n) is 21.6. The van der Waals surface area contributed by atoms with E-state index in [1.165, 1.54) is 0 Å². The monoisotopic (exact) mass is 482 g/mol. The van der Waals surface area contributed by atoms with Crippen LogP contribution in [0.1, 0.15) is 61.2 Å². The van der Waals surface area contributed by atoms with Crippen LogP contribution >= 0.6 is 0 Å². The van der Waals surface area contributed by atoms with Crippen LogP contribution in [0, 0.1) is 26.7 Å². The van der Waals surface area contributed by atoms with Crippen molar-refractivity contribution >= 4 is 23.1 Å². The highest BCUT2D eigenvalue weighted by atomic mass is 16.6. The van der Waals surface area contributed by atoms with Crippen molar-refractivity contribution in [3.05, 3.63) is 34.9 Å². The maximum absolute atomic E-state index is 13.8. The molecular weight excluding hydrogens is 448 g/mol. The standard InChI is InChI=1S/C26H34N4O5/c1-15-11-19(17(3)33-15)21-12-20(22-16(2)28-35-23(22)27-21)24(31)30-10-8-9-18(14-30)13-29(7)25(32)34-26(4,5)6/h11-12,18H,8-10,13-14H2,1-7H3. The van der Waals surface area contributed by atoms with Crippen molar-refractivity contribution in [1.29, 1.82) is 0 Å². The van der Waals surface area contributed by atoms with Crippen molar-refractivity contribution in [2.45, 2.75) is 60.0 Å². The van der Waals surface area contributed by atoms with Gasteiger partial charge in [-0.2, -0.15) is 0 Å². The van der Waals surface area contributed by atoms with Gasteiger partial charge in [-0.25, -0.2) is 9.78 Å². The van der Waals surface area contributed by atoms with E-state index < -0.39 is 5.60 Å². The van der Waals surface area contributed by atoms with Crippen molar-refractivity contribution in [3.8, 4) is 11.3 Å². The quantitative estimate of drug-likeness (QED) is 0.508. The molecule has 1 saturated heterocycles. The van der Waals surface area contributed by atoms with E-state index in [-0.39, 0.29) is 17.9 Å². The van der Waals surface area contributed by atoms with E-state index >= 15 is 0 Å². The summed E-state index contributed by atoms with van der Waals surface area (Å²) < 4.78 is 16.6. The first-order valence-corrected chi connectivity index (χ1v) is 12.0. The third kappa shape index (κ3) is 5.33. The number of aryl methyl sites for hydroxylation is 3. The fraction of sp³-hybridized carbons (Fsp3) is 0.538. The normalized spacial score (nSPS) is 16.5. The molecule has 0 spiro atoms. The highest BCUT2D eigenvalue weighted by molar-refractivity contribution is 6.07. The molecule has 0 aliphatic carbocycles. The summed E-state index contributed by atoms with van der Waals surface area (Å²) in [7, 11) is 1.74. The number of aromatic nitrogens is 2. The third-order valence-electron chi connectivity index (χ3n) is 6.21. The molecule has 1 fully saturated rings. The second-order valence-corrected chi connectivity index (χ2v) is 10.5. The number of rotatable bonds is 4. The number of piperidine rings is 1. The van der Waals surface area contributed by atoms with Gasteiger partial charge in [0.2, 0.25) is 0 Å². The van der Waals surface area contributed by atoms with Crippen LogP contribution in [-0.2, 0) is 4.74 Å². The van der Waals surface area contributed by atoms with Crippen LogP contribution in [0.3, 0.4) is 0 Å². The van der Waals surface area contributed by atoms with Gasteiger partial charge in [-0.1, -0.05) is 5.16 Å². The molecule has 9 heteroatoms. The average molecular weight is 483 g/mol. The Balaban J connectivity index is 1.58. The van der Waals surface area contributed by atoms with Gasteiger partial charge in [-0.15, -0.1) is 0 Å². The van der Waals surface area contributed by atoms with Crippen molar-refractivity contribution < 1.29 is 23.3 Å². The second kappa shape index (κ2) is 9.36. The fourth-order valence-electron chi connectivity index (χ4n) is 4.66. The van der Waals surface area contributed by atoms with Gasteiger partial charge in [0.1, 0.15) is 17.1 Å². The molecule has 1 atom stereocenters. The zero-order chi connectivity index (χ0) is 25.5. The summed E-state index contributed by atoms with van der Waals surface area (Å²) in [5.74, 6) is 1.57. The van der Waals surface area contributed by atoms with Crippen LogP contribution in [0.2, 0.25) is 0 Å². The van der Waals surface area contributed by atoms with E-state index in [0.29, 0.717) is 47.7 Å². The summed E-state index contributed by atoms with van der Waals surface area (Å²) in [5.41, 5.74) is 2.36. The van der Waals surface area contributed by atoms with Crippen molar-refractivity contribution in [2.24, 2.45) is 5.92 Å². The number of likely N-dealkylation sites (tertiary alicyclic amines) is 1. The van der Waals surface area contributed by atoms with Gasteiger partial charge in [0, 0.05) is 32.2 Å². The van der Waals surface area contributed by atoms with Gasteiger partial charge in [0.25, 0.3) is 11.6 Å². The van der Waals surface area contributed by atoms with Gasteiger partial charge in [-0.05, 0) is 72.4 Å². The van der Waals surface area contributed by atoms with Crippen molar-refractivity contribution in [2.75, 3.05) is 26.7 Å². The molecule has 1 aliphatic rings. The third-order valence-corrected chi connectivity index (χ3v) is 6.21. The maximum Gasteiger partial charge on any atom is 0.410 e. The molecule has 0 saturated carbocycles. The Morgan fingerprint density at radius 2 is 1.97 bits per heavy atom. The molecule has 0 radical (unpaired) electrons. The molecule has 4 rings (SSSR count). The molecule has 0 bridgehead atoms. The van der Waals surface area contributed by atoms with Crippen LogP contribution in [0.4, 0.5) is 4.79 Å². The summed E-state index contributed by atoms with van der Waals surface area (Å²) >= 11 is 0. The summed E-state index contributed by atoms with van der Waals surface area (Å²) in [6, 6.07) is 3.72. The fourth-order valence-corrected chi connectivity index (χ4v) is 4.66. The Morgan fingerprint density at radius 1 is 1.23 bits per heavy atom. The summed E-state index contributed by atoms with van der Waals surface area (Å²) in [6.07, 6.45) is 1.45. The van der Waals surface area contributed by atoms with Crippen molar-refractivity contribution in [1.82, 2.24) is 19.9 Å².